The van der Waals surface area contributed by atoms with Crippen LogP contribution < -0.4 is 4.90 Å². The summed E-state index contributed by atoms with van der Waals surface area (Å²) in [5, 5.41) is 1.29. The van der Waals surface area contributed by atoms with Crippen molar-refractivity contribution in [2.45, 2.75) is 58.4 Å². The molecule has 0 unspecified atom stereocenters. The van der Waals surface area contributed by atoms with E-state index < -0.39 is 0 Å². The van der Waals surface area contributed by atoms with Crippen LogP contribution in [0.15, 0.2) is 0 Å². The number of thiophene rings is 1. The van der Waals surface area contributed by atoms with E-state index in [-0.39, 0.29) is 11.9 Å². The third-order valence-corrected chi connectivity index (χ3v) is 7.69. The van der Waals surface area contributed by atoms with E-state index >= 15 is 0 Å². The predicted octanol–water partition coefficient (Wildman–Crippen LogP) is 3.73. The molecule has 5 rings (SSSR count). The molecule has 2 aromatic rings. The van der Waals surface area contributed by atoms with Gasteiger partial charge in [0.25, 0.3) is 0 Å². The number of hydrogen-bond donors (Lipinski definition) is 0. The number of hydrogen-bond acceptors (Lipinski definition) is 7. The number of anilines is 1. The molecule has 1 saturated heterocycles. The molecule has 156 valence electrons. The fourth-order valence-electron chi connectivity index (χ4n) is 4.65. The Hall–Kier alpha value is -1.73. The largest absolute Gasteiger partial charge is 0.466 e. The molecule has 2 aromatic heterocycles. The Kier molecular flexibility index (Phi) is 5.20. The first-order valence-corrected chi connectivity index (χ1v) is 12.0. The smallest absolute Gasteiger partial charge is 0.309 e. The lowest BCUT2D eigenvalue weighted by Crippen LogP contribution is -2.37. The van der Waals surface area contributed by atoms with Crippen LogP contribution in [0.2, 0.25) is 0 Å². The molecule has 29 heavy (non-hydrogen) atoms. The average molecular weight is 415 g/mol. The number of carbonyl (C=O) groups excluding carboxylic acids is 1. The summed E-state index contributed by atoms with van der Waals surface area (Å²) in [6, 6.07) is 0. The normalized spacial score (nSPS) is 20.8. The second-order valence-electron chi connectivity index (χ2n) is 8.50. The Labute approximate surface area is 176 Å². The maximum atomic E-state index is 12.1. The molecule has 0 N–H and O–H groups in total. The Morgan fingerprint density at radius 3 is 2.62 bits per heavy atom. The van der Waals surface area contributed by atoms with Crippen LogP contribution in [-0.4, -0.2) is 53.6 Å². The average Bonchev–Trinajstić information content (AvgIpc) is 3.53. The Morgan fingerprint density at radius 1 is 1.14 bits per heavy atom. The number of likely N-dealkylation sites (N-methyl/N-ethyl adjacent to an activating group) is 1. The molecule has 0 radical (unpaired) electrons. The van der Waals surface area contributed by atoms with Crippen molar-refractivity contribution in [3.63, 3.8) is 0 Å². The van der Waals surface area contributed by atoms with E-state index in [1.54, 1.807) is 0 Å². The molecule has 0 spiro atoms. The summed E-state index contributed by atoms with van der Waals surface area (Å²) in [5.74, 6) is 2.70. The molecule has 2 fully saturated rings. The zero-order chi connectivity index (χ0) is 20.0. The molecule has 0 bridgehead atoms. The van der Waals surface area contributed by atoms with Gasteiger partial charge in [0.2, 0.25) is 0 Å². The third kappa shape index (κ3) is 3.63. The van der Waals surface area contributed by atoms with E-state index in [0.29, 0.717) is 12.5 Å². The molecule has 0 amide bonds. The van der Waals surface area contributed by atoms with Gasteiger partial charge in [-0.15, -0.1) is 11.3 Å². The highest BCUT2D eigenvalue weighted by Gasteiger charge is 2.33. The highest BCUT2D eigenvalue weighted by Crippen LogP contribution is 2.44. The molecule has 4 heterocycles. The fourth-order valence-corrected chi connectivity index (χ4v) is 5.92. The maximum Gasteiger partial charge on any atom is 0.309 e. The molecule has 0 atom stereocenters. The standard InChI is InChI=1S/C22H30N4O2S/c1-3-25-10-9-16-17(13-25)29-21-18(16)20(23-19(24-21)14-5-6-14)26-11-7-15(8-12-26)22(27)28-4-2/h14-15H,3-13H2,1-2H3. The minimum atomic E-state index is -0.0359. The molecule has 2 aliphatic heterocycles. The van der Waals surface area contributed by atoms with E-state index in [9.17, 15) is 4.79 Å². The first-order chi connectivity index (χ1) is 14.2. The van der Waals surface area contributed by atoms with E-state index in [0.717, 1.165) is 63.6 Å². The third-order valence-electron chi connectivity index (χ3n) is 6.58. The lowest BCUT2D eigenvalue weighted by molar-refractivity contribution is -0.148. The number of carbonyl (C=O) groups is 1. The topological polar surface area (TPSA) is 58.6 Å². The van der Waals surface area contributed by atoms with Gasteiger partial charge in [0.15, 0.2) is 0 Å². The van der Waals surface area contributed by atoms with Gasteiger partial charge in [0.1, 0.15) is 16.5 Å². The van der Waals surface area contributed by atoms with Crippen molar-refractivity contribution < 1.29 is 9.53 Å². The Morgan fingerprint density at radius 2 is 1.93 bits per heavy atom. The molecular weight excluding hydrogens is 384 g/mol. The van der Waals surface area contributed by atoms with Gasteiger partial charge in [-0.1, -0.05) is 6.92 Å². The molecule has 0 aromatic carbocycles. The number of fused-ring (bicyclic) bond motifs is 3. The molecule has 1 saturated carbocycles. The van der Waals surface area contributed by atoms with Crippen LogP contribution in [0.5, 0.6) is 0 Å². The first-order valence-electron chi connectivity index (χ1n) is 11.1. The summed E-state index contributed by atoms with van der Waals surface area (Å²) in [7, 11) is 0. The zero-order valence-corrected chi connectivity index (χ0v) is 18.3. The van der Waals surface area contributed by atoms with Crippen molar-refractivity contribution in [2.24, 2.45) is 5.92 Å². The number of rotatable bonds is 5. The molecule has 3 aliphatic rings. The van der Waals surface area contributed by atoms with Crippen LogP contribution in [0.3, 0.4) is 0 Å². The van der Waals surface area contributed by atoms with Crippen molar-refractivity contribution >= 4 is 33.3 Å². The molecule has 6 nitrogen and oxygen atoms in total. The number of nitrogens with zero attached hydrogens (tertiary/aromatic N) is 4. The van der Waals surface area contributed by atoms with Gasteiger partial charge >= 0.3 is 5.97 Å². The van der Waals surface area contributed by atoms with Gasteiger partial charge < -0.3 is 9.64 Å². The van der Waals surface area contributed by atoms with Gasteiger partial charge in [0, 0.05) is 37.0 Å². The summed E-state index contributed by atoms with van der Waals surface area (Å²) in [6.45, 7) is 9.57. The van der Waals surface area contributed by atoms with Crippen LogP contribution >= 0.6 is 11.3 Å². The summed E-state index contributed by atoms with van der Waals surface area (Å²) >= 11 is 1.87. The van der Waals surface area contributed by atoms with E-state index in [4.69, 9.17) is 14.7 Å². The molecule has 7 heteroatoms. The highest BCUT2D eigenvalue weighted by molar-refractivity contribution is 7.19. The predicted molar refractivity (Wildman–Crippen MR) is 116 cm³/mol. The minimum absolute atomic E-state index is 0.0286. The Balaban J connectivity index is 1.48. The van der Waals surface area contributed by atoms with Gasteiger partial charge in [-0.2, -0.15) is 0 Å². The van der Waals surface area contributed by atoms with Crippen molar-refractivity contribution in [2.75, 3.05) is 37.7 Å². The zero-order valence-electron chi connectivity index (χ0n) is 17.4. The number of esters is 1. The van der Waals surface area contributed by atoms with Gasteiger partial charge in [-0.05, 0) is 51.1 Å². The monoisotopic (exact) mass is 414 g/mol. The molecule has 1 aliphatic carbocycles. The summed E-state index contributed by atoms with van der Waals surface area (Å²) in [4.78, 5) is 29.8. The quantitative estimate of drug-likeness (QED) is 0.695. The summed E-state index contributed by atoms with van der Waals surface area (Å²) in [6.07, 6.45) is 5.20. The van der Waals surface area contributed by atoms with Gasteiger partial charge in [-0.25, -0.2) is 9.97 Å². The lowest BCUT2D eigenvalue weighted by atomic mass is 9.96. The number of ether oxygens (including phenoxy) is 1. The second-order valence-corrected chi connectivity index (χ2v) is 9.58. The fraction of sp³-hybridized carbons (Fsp3) is 0.682. The minimum Gasteiger partial charge on any atom is -0.466 e. The van der Waals surface area contributed by atoms with Crippen LogP contribution in [-0.2, 0) is 22.5 Å². The van der Waals surface area contributed by atoms with Gasteiger partial charge in [0.05, 0.1) is 17.9 Å². The Bertz CT molecular complexity index is 915. The van der Waals surface area contributed by atoms with E-state index in [1.807, 2.05) is 18.3 Å². The van der Waals surface area contributed by atoms with E-state index in [2.05, 4.69) is 16.7 Å². The van der Waals surface area contributed by atoms with Crippen LogP contribution in [0, 0.1) is 5.92 Å². The van der Waals surface area contributed by atoms with Crippen molar-refractivity contribution in [1.82, 2.24) is 14.9 Å². The van der Waals surface area contributed by atoms with Crippen molar-refractivity contribution in [3.8, 4) is 0 Å². The number of aromatic nitrogens is 2. The second kappa shape index (κ2) is 7.84. The van der Waals surface area contributed by atoms with Crippen molar-refractivity contribution in [3.05, 3.63) is 16.3 Å². The SMILES string of the molecule is CCOC(=O)C1CCN(c2nc(C3CC3)nc3sc4c(c23)CCN(CC)C4)CC1. The lowest BCUT2D eigenvalue weighted by Gasteiger charge is -2.33. The highest BCUT2D eigenvalue weighted by atomic mass is 32.1. The maximum absolute atomic E-state index is 12.1. The summed E-state index contributed by atoms with van der Waals surface area (Å²) < 4.78 is 5.25. The van der Waals surface area contributed by atoms with E-state index in [1.165, 1.54) is 33.5 Å². The van der Waals surface area contributed by atoms with Crippen LogP contribution in [0.4, 0.5) is 5.82 Å². The number of piperidine rings is 1. The van der Waals surface area contributed by atoms with Crippen molar-refractivity contribution in [1.29, 1.82) is 0 Å². The molecular formula is C22H30N4O2S. The van der Waals surface area contributed by atoms with Crippen LogP contribution in [0.25, 0.3) is 10.2 Å². The van der Waals surface area contributed by atoms with Crippen LogP contribution in [0.1, 0.15) is 61.7 Å². The van der Waals surface area contributed by atoms with Gasteiger partial charge in [-0.3, -0.25) is 9.69 Å². The summed E-state index contributed by atoms with van der Waals surface area (Å²) in [5.41, 5.74) is 1.47. The first kappa shape index (κ1) is 19.2.